The van der Waals surface area contributed by atoms with Gasteiger partial charge >= 0.3 is 0 Å². The highest BCUT2D eigenvalue weighted by atomic mass is 16.5. The maximum atomic E-state index is 5.39. The van der Waals surface area contributed by atoms with E-state index in [1.165, 1.54) is 0 Å². The van der Waals surface area contributed by atoms with Crippen LogP contribution in [0.4, 0.5) is 0 Å². The molecular formula is C17H17N5O. The van der Waals surface area contributed by atoms with Crippen LogP contribution in [0.2, 0.25) is 0 Å². The Morgan fingerprint density at radius 3 is 3.04 bits per heavy atom. The molecule has 1 atom stereocenters. The molecule has 0 spiro atoms. The van der Waals surface area contributed by atoms with Crippen LogP contribution in [0, 0.1) is 0 Å². The minimum atomic E-state index is 0.479. The summed E-state index contributed by atoms with van der Waals surface area (Å²) in [4.78, 5) is 4.27. The summed E-state index contributed by atoms with van der Waals surface area (Å²) in [5.41, 5.74) is 2.59. The largest absolute Gasteiger partial charge is 0.359 e. The van der Waals surface area contributed by atoms with Crippen molar-refractivity contribution in [1.82, 2.24) is 25.1 Å². The summed E-state index contributed by atoms with van der Waals surface area (Å²) >= 11 is 0. The van der Waals surface area contributed by atoms with Crippen molar-refractivity contribution in [2.24, 2.45) is 0 Å². The van der Waals surface area contributed by atoms with E-state index in [9.17, 15) is 0 Å². The normalized spacial score (nSPS) is 17.5. The SMILES string of the molecule is C1=CC[C@H](c2cn(Cc3cc(-c4ccccn4)no3)nn2)CC1. The van der Waals surface area contributed by atoms with Crippen LogP contribution >= 0.6 is 0 Å². The molecule has 6 nitrogen and oxygen atoms in total. The molecule has 3 heterocycles. The monoisotopic (exact) mass is 307 g/mol. The van der Waals surface area contributed by atoms with Crippen molar-refractivity contribution < 1.29 is 4.52 Å². The topological polar surface area (TPSA) is 69.6 Å². The predicted molar refractivity (Wildman–Crippen MR) is 84.6 cm³/mol. The zero-order chi connectivity index (χ0) is 15.5. The molecule has 0 saturated carbocycles. The van der Waals surface area contributed by atoms with E-state index in [1.54, 1.807) is 10.9 Å². The second-order valence-electron chi connectivity index (χ2n) is 5.72. The lowest BCUT2D eigenvalue weighted by Crippen LogP contribution is -2.01. The first-order valence-electron chi connectivity index (χ1n) is 7.80. The molecule has 0 aromatic carbocycles. The third kappa shape index (κ3) is 3.06. The Labute approximate surface area is 133 Å². The average Bonchev–Trinajstić information content (AvgIpc) is 3.27. The summed E-state index contributed by atoms with van der Waals surface area (Å²) in [5, 5.41) is 12.6. The summed E-state index contributed by atoms with van der Waals surface area (Å²) in [6, 6.07) is 7.61. The van der Waals surface area contributed by atoms with Crippen molar-refractivity contribution >= 4 is 0 Å². The standard InChI is InChI=1S/C17H17N5O/c1-2-6-13(7-3-1)17-12-22(21-19-17)11-14-10-16(20-23-14)15-8-4-5-9-18-15/h1-2,4-5,8-10,12-13H,3,6-7,11H2/t13-/m0/s1. The maximum Gasteiger partial charge on any atom is 0.158 e. The van der Waals surface area contributed by atoms with Gasteiger partial charge in [-0.3, -0.25) is 4.98 Å². The predicted octanol–water partition coefficient (Wildman–Crippen LogP) is 3.20. The van der Waals surface area contributed by atoms with Crippen LogP contribution in [-0.2, 0) is 6.54 Å². The average molecular weight is 307 g/mol. The molecule has 23 heavy (non-hydrogen) atoms. The quantitative estimate of drug-likeness (QED) is 0.692. The van der Waals surface area contributed by atoms with Crippen LogP contribution in [0.3, 0.4) is 0 Å². The van der Waals surface area contributed by atoms with Crippen LogP contribution in [0.1, 0.15) is 36.6 Å². The number of hydrogen-bond donors (Lipinski definition) is 0. The molecule has 4 rings (SSSR count). The molecule has 1 aliphatic carbocycles. The lowest BCUT2D eigenvalue weighted by Gasteiger charge is -2.13. The lowest BCUT2D eigenvalue weighted by molar-refractivity contribution is 0.371. The van der Waals surface area contributed by atoms with Gasteiger partial charge in [0.05, 0.1) is 11.4 Å². The summed E-state index contributed by atoms with van der Waals surface area (Å²) < 4.78 is 7.19. The fourth-order valence-electron chi connectivity index (χ4n) is 2.82. The smallest absolute Gasteiger partial charge is 0.158 e. The fraction of sp³-hybridized carbons (Fsp3) is 0.294. The first kappa shape index (κ1) is 13.9. The molecule has 0 bridgehead atoms. The zero-order valence-electron chi connectivity index (χ0n) is 12.7. The molecule has 0 aliphatic heterocycles. The summed E-state index contributed by atoms with van der Waals surface area (Å²) in [6.45, 7) is 0.523. The number of pyridine rings is 1. The van der Waals surface area contributed by atoms with Gasteiger partial charge in [-0.05, 0) is 31.4 Å². The Balaban J connectivity index is 1.47. The number of nitrogens with zero attached hydrogens (tertiary/aromatic N) is 5. The third-order valence-corrected chi connectivity index (χ3v) is 4.05. The van der Waals surface area contributed by atoms with Crippen molar-refractivity contribution in [3.63, 3.8) is 0 Å². The van der Waals surface area contributed by atoms with Crippen LogP contribution in [0.15, 0.2) is 53.3 Å². The number of aromatic nitrogens is 5. The van der Waals surface area contributed by atoms with Gasteiger partial charge in [-0.15, -0.1) is 5.10 Å². The molecule has 0 N–H and O–H groups in total. The van der Waals surface area contributed by atoms with E-state index in [0.717, 1.165) is 42.1 Å². The minimum Gasteiger partial charge on any atom is -0.359 e. The molecule has 6 heteroatoms. The highest BCUT2D eigenvalue weighted by Crippen LogP contribution is 2.27. The molecule has 0 fully saturated rings. The number of hydrogen-bond acceptors (Lipinski definition) is 5. The second kappa shape index (κ2) is 6.16. The first-order valence-corrected chi connectivity index (χ1v) is 7.80. The van der Waals surface area contributed by atoms with Crippen molar-refractivity contribution in [2.45, 2.75) is 31.7 Å². The van der Waals surface area contributed by atoms with Gasteiger partial charge in [-0.25, -0.2) is 4.68 Å². The van der Waals surface area contributed by atoms with Gasteiger partial charge in [0.15, 0.2) is 5.76 Å². The van der Waals surface area contributed by atoms with Crippen molar-refractivity contribution in [3.05, 3.63) is 60.3 Å². The molecular weight excluding hydrogens is 290 g/mol. The Kier molecular flexibility index (Phi) is 3.71. The van der Waals surface area contributed by atoms with E-state index >= 15 is 0 Å². The van der Waals surface area contributed by atoms with E-state index in [2.05, 4.69) is 32.6 Å². The van der Waals surface area contributed by atoms with E-state index in [1.807, 2.05) is 30.5 Å². The molecule has 0 unspecified atom stereocenters. The third-order valence-electron chi connectivity index (χ3n) is 4.05. The first-order chi connectivity index (χ1) is 11.4. The summed E-state index contributed by atoms with van der Waals surface area (Å²) in [7, 11) is 0. The van der Waals surface area contributed by atoms with Gasteiger partial charge in [0, 0.05) is 24.4 Å². The second-order valence-corrected chi connectivity index (χ2v) is 5.72. The van der Waals surface area contributed by atoms with Gasteiger partial charge < -0.3 is 4.52 Å². The molecule has 0 radical (unpaired) electrons. The molecule has 0 saturated heterocycles. The van der Waals surface area contributed by atoms with E-state index in [0.29, 0.717) is 12.5 Å². The molecule has 3 aromatic heterocycles. The molecule has 116 valence electrons. The molecule has 1 aliphatic rings. The van der Waals surface area contributed by atoms with E-state index in [4.69, 9.17) is 4.52 Å². The summed E-state index contributed by atoms with van der Waals surface area (Å²) in [5.74, 6) is 1.22. The highest BCUT2D eigenvalue weighted by Gasteiger charge is 2.16. The van der Waals surface area contributed by atoms with Gasteiger partial charge in [0.2, 0.25) is 0 Å². The Morgan fingerprint density at radius 2 is 2.22 bits per heavy atom. The number of allylic oxidation sites excluding steroid dienone is 2. The molecule has 3 aromatic rings. The van der Waals surface area contributed by atoms with Gasteiger partial charge in [-0.2, -0.15) is 0 Å². The Hall–Kier alpha value is -2.76. The maximum absolute atomic E-state index is 5.39. The summed E-state index contributed by atoms with van der Waals surface area (Å²) in [6.07, 6.45) is 11.5. The Morgan fingerprint density at radius 1 is 1.22 bits per heavy atom. The lowest BCUT2D eigenvalue weighted by atomic mass is 9.92. The highest BCUT2D eigenvalue weighted by molar-refractivity contribution is 5.52. The Bertz CT molecular complexity index is 805. The molecule has 0 amide bonds. The minimum absolute atomic E-state index is 0.479. The van der Waals surface area contributed by atoms with Gasteiger partial charge in [0.25, 0.3) is 0 Å². The van der Waals surface area contributed by atoms with Crippen molar-refractivity contribution in [1.29, 1.82) is 0 Å². The van der Waals surface area contributed by atoms with Crippen LogP contribution in [-0.4, -0.2) is 25.1 Å². The van der Waals surface area contributed by atoms with Crippen LogP contribution in [0.25, 0.3) is 11.4 Å². The number of rotatable bonds is 4. The van der Waals surface area contributed by atoms with Gasteiger partial charge in [0.1, 0.15) is 12.2 Å². The van der Waals surface area contributed by atoms with Gasteiger partial charge in [-0.1, -0.05) is 28.6 Å². The zero-order valence-corrected chi connectivity index (χ0v) is 12.7. The van der Waals surface area contributed by atoms with Crippen LogP contribution in [0.5, 0.6) is 0 Å². The van der Waals surface area contributed by atoms with E-state index in [-0.39, 0.29) is 0 Å². The van der Waals surface area contributed by atoms with E-state index < -0.39 is 0 Å². The van der Waals surface area contributed by atoms with Crippen LogP contribution < -0.4 is 0 Å². The van der Waals surface area contributed by atoms with Crippen molar-refractivity contribution in [3.8, 4) is 11.4 Å². The fourth-order valence-corrected chi connectivity index (χ4v) is 2.82. The van der Waals surface area contributed by atoms with Crippen molar-refractivity contribution in [2.75, 3.05) is 0 Å².